The van der Waals surface area contributed by atoms with E-state index in [4.69, 9.17) is 0 Å². The molecule has 1 heterocycles. The van der Waals surface area contributed by atoms with E-state index in [0.717, 1.165) is 0 Å². The number of hydrogen-bond donors (Lipinski definition) is 1. The predicted molar refractivity (Wildman–Crippen MR) is 86.7 cm³/mol. The van der Waals surface area contributed by atoms with Gasteiger partial charge in [-0.1, -0.05) is 6.07 Å². The van der Waals surface area contributed by atoms with Crippen molar-refractivity contribution in [2.75, 3.05) is 26.5 Å². The molecule has 0 spiro atoms. The van der Waals surface area contributed by atoms with Gasteiger partial charge in [0.25, 0.3) is 5.91 Å². The van der Waals surface area contributed by atoms with Crippen LogP contribution in [0.1, 0.15) is 20.7 Å². The first-order valence-electron chi connectivity index (χ1n) is 7.13. The van der Waals surface area contributed by atoms with Gasteiger partial charge in [0.2, 0.25) is 5.91 Å². The van der Waals surface area contributed by atoms with Gasteiger partial charge in [-0.3, -0.25) is 14.3 Å². The molecule has 0 atom stereocenters. The zero-order valence-corrected chi connectivity index (χ0v) is 13.6. The first-order chi connectivity index (χ1) is 11.4. The smallest absolute Gasteiger partial charge is 0.337 e. The second-order valence-corrected chi connectivity index (χ2v) is 5.24. The molecule has 0 saturated carbocycles. The molecule has 0 fully saturated rings. The quantitative estimate of drug-likeness (QED) is 0.826. The average molecular weight is 330 g/mol. The second kappa shape index (κ2) is 7.40. The number of nitrogens with zero attached hydrogens (tertiary/aromatic N) is 3. The molecule has 0 aliphatic heterocycles. The van der Waals surface area contributed by atoms with Crippen molar-refractivity contribution in [3.8, 4) is 0 Å². The molecule has 0 aliphatic rings. The van der Waals surface area contributed by atoms with Crippen molar-refractivity contribution in [1.82, 2.24) is 14.7 Å². The number of likely N-dealkylation sites (N-methyl/N-ethyl adjacent to an activating group) is 1. The molecular formula is C16H18N4O4. The lowest BCUT2D eigenvalue weighted by Crippen LogP contribution is -2.26. The lowest BCUT2D eigenvalue weighted by Gasteiger charge is -2.09. The van der Waals surface area contributed by atoms with E-state index in [1.165, 1.54) is 29.0 Å². The third kappa shape index (κ3) is 4.19. The van der Waals surface area contributed by atoms with Crippen molar-refractivity contribution in [2.24, 2.45) is 0 Å². The number of benzene rings is 1. The lowest BCUT2D eigenvalue weighted by molar-refractivity contribution is -0.129. The number of esters is 1. The van der Waals surface area contributed by atoms with E-state index < -0.39 is 5.97 Å². The standard InChI is InChI=1S/C16H18N4O4/c1-19(2)14(21)10-20-9-13(8-17-20)18-15(22)11-5-4-6-12(7-11)16(23)24-3/h4-9H,10H2,1-3H3,(H,18,22). The van der Waals surface area contributed by atoms with E-state index in [9.17, 15) is 14.4 Å². The van der Waals surface area contributed by atoms with Crippen LogP contribution in [0.25, 0.3) is 0 Å². The van der Waals surface area contributed by atoms with Crippen LogP contribution in [0.2, 0.25) is 0 Å². The van der Waals surface area contributed by atoms with Gasteiger partial charge in [-0.2, -0.15) is 5.10 Å². The normalized spacial score (nSPS) is 10.1. The minimum atomic E-state index is -0.514. The Morgan fingerprint density at radius 2 is 1.96 bits per heavy atom. The Labute approximate surface area is 139 Å². The molecule has 2 amide bonds. The van der Waals surface area contributed by atoms with Gasteiger partial charge < -0.3 is 15.0 Å². The van der Waals surface area contributed by atoms with Gasteiger partial charge in [0.15, 0.2) is 0 Å². The van der Waals surface area contributed by atoms with Crippen LogP contribution < -0.4 is 5.32 Å². The fourth-order valence-electron chi connectivity index (χ4n) is 1.90. The maximum Gasteiger partial charge on any atom is 0.337 e. The molecule has 24 heavy (non-hydrogen) atoms. The maximum absolute atomic E-state index is 12.2. The summed E-state index contributed by atoms with van der Waals surface area (Å²) < 4.78 is 6.06. The first-order valence-corrected chi connectivity index (χ1v) is 7.13. The fourth-order valence-corrected chi connectivity index (χ4v) is 1.90. The summed E-state index contributed by atoms with van der Waals surface area (Å²) in [4.78, 5) is 36.8. The van der Waals surface area contributed by atoms with Gasteiger partial charge >= 0.3 is 5.97 Å². The number of ether oxygens (including phenoxy) is 1. The summed E-state index contributed by atoms with van der Waals surface area (Å²) in [5.41, 5.74) is 1.06. The van der Waals surface area contributed by atoms with Crippen molar-refractivity contribution in [3.63, 3.8) is 0 Å². The molecule has 1 aromatic heterocycles. The highest BCUT2D eigenvalue weighted by Gasteiger charge is 2.12. The van der Waals surface area contributed by atoms with Crippen LogP contribution in [-0.2, 0) is 16.1 Å². The molecule has 126 valence electrons. The number of anilines is 1. The number of rotatable bonds is 5. The Morgan fingerprint density at radius 3 is 2.62 bits per heavy atom. The monoisotopic (exact) mass is 330 g/mol. The number of nitrogens with one attached hydrogen (secondary N) is 1. The molecule has 1 aromatic carbocycles. The summed E-state index contributed by atoms with van der Waals surface area (Å²) in [5.74, 6) is -1.01. The molecule has 2 rings (SSSR count). The minimum Gasteiger partial charge on any atom is -0.465 e. The zero-order valence-electron chi connectivity index (χ0n) is 13.6. The average Bonchev–Trinajstić information content (AvgIpc) is 3.00. The van der Waals surface area contributed by atoms with Gasteiger partial charge in [-0.25, -0.2) is 4.79 Å². The lowest BCUT2D eigenvalue weighted by atomic mass is 10.1. The van der Waals surface area contributed by atoms with Crippen LogP contribution in [0, 0.1) is 0 Å². The van der Waals surface area contributed by atoms with Crippen LogP contribution in [0.5, 0.6) is 0 Å². The van der Waals surface area contributed by atoms with E-state index in [1.807, 2.05) is 0 Å². The SMILES string of the molecule is COC(=O)c1cccc(C(=O)Nc2cnn(CC(=O)N(C)C)c2)c1. The summed E-state index contributed by atoms with van der Waals surface area (Å²) >= 11 is 0. The number of aromatic nitrogens is 2. The number of amides is 2. The Balaban J connectivity index is 2.06. The Morgan fingerprint density at radius 1 is 1.25 bits per heavy atom. The zero-order chi connectivity index (χ0) is 17.7. The molecule has 1 N–H and O–H groups in total. The van der Waals surface area contributed by atoms with E-state index in [0.29, 0.717) is 11.3 Å². The number of carbonyl (C=O) groups is 3. The molecule has 2 aromatic rings. The Kier molecular flexibility index (Phi) is 5.31. The largest absolute Gasteiger partial charge is 0.465 e. The van der Waals surface area contributed by atoms with Crippen LogP contribution >= 0.6 is 0 Å². The number of carbonyl (C=O) groups excluding carboxylic acids is 3. The third-order valence-electron chi connectivity index (χ3n) is 3.23. The van der Waals surface area contributed by atoms with Crippen LogP contribution in [0.4, 0.5) is 5.69 Å². The third-order valence-corrected chi connectivity index (χ3v) is 3.23. The van der Waals surface area contributed by atoms with Gasteiger partial charge in [-0.15, -0.1) is 0 Å². The Hall–Kier alpha value is -3.16. The van der Waals surface area contributed by atoms with Crippen molar-refractivity contribution < 1.29 is 19.1 Å². The maximum atomic E-state index is 12.2. The van der Waals surface area contributed by atoms with Crippen molar-refractivity contribution in [1.29, 1.82) is 0 Å². The fraction of sp³-hybridized carbons (Fsp3) is 0.250. The number of methoxy groups -OCH3 is 1. The van der Waals surface area contributed by atoms with E-state index in [-0.39, 0.29) is 23.9 Å². The van der Waals surface area contributed by atoms with E-state index in [1.54, 1.807) is 38.5 Å². The summed E-state index contributed by atoms with van der Waals surface area (Å²) in [6, 6.07) is 6.19. The topological polar surface area (TPSA) is 93.5 Å². The highest BCUT2D eigenvalue weighted by molar-refractivity contribution is 6.05. The molecule has 0 radical (unpaired) electrons. The summed E-state index contributed by atoms with van der Waals surface area (Å²) in [5, 5.41) is 6.69. The van der Waals surface area contributed by atoms with Gasteiger partial charge in [-0.05, 0) is 18.2 Å². The van der Waals surface area contributed by atoms with Gasteiger partial charge in [0.05, 0.1) is 24.6 Å². The van der Waals surface area contributed by atoms with Crippen LogP contribution in [-0.4, -0.2) is 53.7 Å². The number of hydrogen-bond acceptors (Lipinski definition) is 5. The highest BCUT2D eigenvalue weighted by Crippen LogP contribution is 2.11. The van der Waals surface area contributed by atoms with Gasteiger partial charge in [0, 0.05) is 25.9 Å². The summed E-state index contributed by atoms with van der Waals surface area (Å²) in [6.45, 7) is 0.0840. The molecule has 0 bridgehead atoms. The molecule has 8 nitrogen and oxygen atoms in total. The van der Waals surface area contributed by atoms with Crippen molar-refractivity contribution in [2.45, 2.75) is 6.54 Å². The van der Waals surface area contributed by atoms with E-state index >= 15 is 0 Å². The molecule has 0 saturated heterocycles. The molecule has 8 heteroatoms. The predicted octanol–water partition coefficient (Wildman–Crippen LogP) is 1.01. The van der Waals surface area contributed by atoms with Crippen LogP contribution in [0.15, 0.2) is 36.7 Å². The first kappa shape index (κ1) is 17.2. The minimum absolute atomic E-state index is 0.0840. The van der Waals surface area contributed by atoms with Crippen molar-refractivity contribution >= 4 is 23.5 Å². The van der Waals surface area contributed by atoms with Gasteiger partial charge in [0.1, 0.15) is 6.54 Å². The Bertz CT molecular complexity index is 767. The highest BCUT2D eigenvalue weighted by atomic mass is 16.5. The molecular weight excluding hydrogens is 312 g/mol. The second-order valence-electron chi connectivity index (χ2n) is 5.24. The van der Waals surface area contributed by atoms with Crippen LogP contribution in [0.3, 0.4) is 0 Å². The molecule has 0 aliphatic carbocycles. The van der Waals surface area contributed by atoms with E-state index in [2.05, 4.69) is 15.2 Å². The summed E-state index contributed by atoms with van der Waals surface area (Å²) in [7, 11) is 4.59. The molecule has 0 unspecified atom stereocenters. The van der Waals surface area contributed by atoms with Crippen molar-refractivity contribution in [3.05, 3.63) is 47.8 Å². The summed E-state index contributed by atoms with van der Waals surface area (Å²) in [6.07, 6.45) is 3.01.